The molecule has 1 N–H and O–H groups in total. The van der Waals surface area contributed by atoms with E-state index in [1.165, 1.54) is 6.07 Å². The molecule has 110 valence electrons. The summed E-state index contributed by atoms with van der Waals surface area (Å²) in [7, 11) is 0. The third-order valence-electron chi connectivity index (χ3n) is 2.82. The molecule has 0 bridgehead atoms. The van der Waals surface area contributed by atoms with Crippen molar-refractivity contribution in [2.75, 3.05) is 13.2 Å². The van der Waals surface area contributed by atoms with E-state index in [1.54, 1.807) is 10.9 Å². The molecule has 0 aliphatic rings. The highest BCUT2D eigenvalue weighted by Gasteiger charge is 2.51. The number of ether oxygens (including phenoxy) is 1. The van der Waals surface area contributed by atoms with Crippen LogP contribution < -0.4 is 4.74 Å². The van der Waals surface area contributed by atoms with Crippen molar-refractivity contribution in [2.45, 2.75) is 39.4 Å². The van der Waals surface area contributed by atoms with E-state index in [2.05, 4.69) is 5.10 Å². The summed E-state index contributed by atoms with van der Waals surface area (Å²) >= 11 is 0. The number of rotatable bonds is 4. The molecule has 1 heterocycles. The molecular weight excluding hydrogens is 261 g/mol. The molecule has 1 atom stereocenters. The summed E-state index contributed by atoms with van der Waals surface area (Å²) in [5.74, 6) is 0.110. The van der Waals surface area contributed by atoms with Crippen molar-refractivity contribution in [1.82, 2.24) is 9.78 Å². The second-order valence-corrected chi connectivity index (χ2v) is 5.77. The van der Waals surface area contributed by atoms with E-state index in [-0.39, 0.29) is 11.4 Å². The van der Waals surface area contributed by atoms with Crippen LogP contribution in [0.2, 0.25) is 0 Å². The van der Waals surface area contributed by atoms with Gasteiger partial charge < -0.3 is 9.84 Å². The van der Waals surface area contributed by atoms with Crippen molar-refractivity contribution in [3.63, 3.8) is 0 Å². The first-order valence-electron chi connectivity index (χ1n) is 5.86. The Bertz CT molecular complexity index is 423. The molecule has 0 saturated heterocycles. The smallest absolute Gasteiger partial charge is 0.399 e. The first-order chi connectivity index (χ1) is 8.49. The number of hydrogen-bond donors (Lipinski definition) is 1. The van der Waals surface area contributed by atoms with Gasteiger partial charge in [-0.05, 0) is 27.7 Å². The first kappa shape index (κ1) is 15.8. The van der Waals surface area contributed by atoms with Gasteiger partial charge in [-0.1, -0.05) is 0 Å². The number of halogens is 3. The Kier molecular flexibility index (Phi) is 4.19. The minimum Gasteiger partial charge on any atom is -0.476 e. The number of aromatic nitrogens is 2. The third-order valence-corrected chi connectivity index (χ3v) is 2.82. The topological polar surface area (TPSA) is 47.3 Å². The molecule has 1 rings (SSSR count). The van der Waals surface area contributed by atoms with Crippen LogP contribution in [0.15, 0.2) is 12.3 Å². The van der Waals surface area contributed by atoms with E-state index >= 15 is 0 Å². The van der Waals surface area contributed by atoms with Crippen molar-refractivity contribution >= 4 is 0 Å². The maximum Gasteiger partial charge on any atom is 0.399 e. The van der Waals surface area contributed by atoms with Gasteiger partial charge in [0.15, 0.2) is 0 Å². The number of aliphatic hydroxyl groups excluding tert-OH is 1. The lowest BCUT2D eigenvalue weighted by atomic mass is 9.92. The van der Waals surface area contributed by atoms with Crippen LogP contribution >= 0.6 is 0 Å². The Labute approximate surface area is 110 Å². The summed E-state index contributed by atoms with van der Waals surface area (Å²) in [6.07, 6.45) is -2.90. The molecule has 0 spiro atoms. The van der Waals surface area contributed by atoms with Crippen molar-refractivity contribution < 1.29 is 23.0 Å². The van der Waals surface area contributed by atoms with Gasteiger partial charge in [0, 0.05) is 12.3 Å². The summed E-state index contributed by atoms with van der Waals surface area (Å²) in [6, 6.07) is 1.50. The molecule has 1 unspecified atom stereocenters. The zero-order chi connectivity index (χ0) is 14.9. The lowest BCUT2D eigenvalue weighted by molar-refractivity contribution is -0.237. The van der Waals surface area contributed by atoms with E-state index in [0.717, 1.165) is 6.92 Å². The quantitative estimate of drug-likeness (QED) is 0.922. The van der Waals surface area contributed by atoms with Crippen molar-refractivity contribution in [3.8, 4) is 5.88 Å². The minimum absolute atomic E-state index is 0.110. The lowest BCUT2D eigenvalue weighted by Gasteiger charge is -2.29. The molecule has 0 aromatic carbocycles. The summed E-state index contributed by atoms with van der Waals surface area (Å²) in [6.45, 7) is 4.95. The SMILES string of the molecule is CC(C)(C)n1ccc(OCC(C)(CO)C(F)(F)F)n1. The van der Waals surface area contributed by atoms with Crippen LogP contribution in [0.25, 0.3) is 0 Å². The Morgan fingerprint density at radius 1 is 1.26 bits per heavy atom. The van der Waals surface area contributed by atoms with Gasteiger partial charge in [0.1, 0.15) is 12.0 Å². The average molecular weight is 280 g/mol. The Balaban J connectivity index is 2.74. The molecule has 1 aromatic heterocycles. The summed E-state index contributed by atoms with van der Waals surface area (Å²) in [4.78, 5) is 0. The molecule has 0 fully saturated rings. The van der Waals surface area contributed by atoms with Crippen molar-refractivity contribution in [3.05, 3.63) is 12.3 Å². The molecule has 4 nitrogen and oxygen atoms in total. The predicted octanol–water partition coefficient (Wildman–Crippen LogP) is 2.58. The van der Waals surface area contributed by atoms with E-state index in [9.17, 15) is 13.2 Å². The van der Waals surface area contributed by atoms with Gasteiger partial charge in [0.25, 0.3) is 0 Å². The molecular formula is C12H19F3N2O2. The van der Waals surface area contributed by atoms with Crippen LogP contribution in [0.4, 0.5) is 13.2 Å². The Morgan fingerprint density at radius 3 is 2.21 bits per heavy atom. The van der Waals surface area contributed by atoms with Crippen molar-refractivity contribution in [2.24, 2.45) is 5.41 Å². The molecule has 1 aromatic rings. The highest BCUT2D eigenvalue weighted by Crippen LogP contribution is 2.37. The second-order valence-electron chi connectivity index (χ2n) is 5.77. The van der Waals surface area contributed by atoms with Crippen LogP contribution in [0.5, 0.6) is 5.88 Å². The normalized spacial score (nSPS) is 16.2. The van der Waals surface area contributed by atoms with E-state index in [0.29, 0.717) is 0 Å². The zero-order valence-corrected chi connectivity index (χ0v) is 11.5. The van der Waals surface area contributed by atoms with Gasteiger partial charge >= 0.3 is 6.18 Å². The molecule has 0 radical (unpaired) electrons. The maximum absolute atomic E-state index is 12.7. The van der Waals surface area contributed by atoms with Gasteiger partial charge in [-0.15, -0.1) is 5.10 Å². The van der Waals surface area contributed by atoms with Gasteiger partial charge in [0.2, 0.25) is 5.88 Å². The van der Waals surface area contributed by atoms with E-state index in [1.807, 2.05) is 20.8 Å². The maximum atomic E-state index is 12.7. The van der Waals surface area contributed by atoms with Gasteiger partial charge in [-0.2, -0.15) is 13.2 Å². The number of alkyl halides is 3. The average Bonchev–Trinajstić information content (AvgIpc) is 2.72. The monoisotopic (exact) mass is 280 g/mol. The highest BCUT2D eigenvalue weighted by atomic mass is 19.4. The van der Waals surface area contributed by atoms with Gasteiger partial charge in [-0.25, -0.2) is 0 Å². The molecule has 0 saturated carbocycles. The summed E-state index contributed by atoms with van der Waals surface area (Å²) < 4.78 is 44.9. The number of hydrogen-bond acceptors (Lipinski definition) is 3. The molecule has 0 aliphatic heterocycles. The largest absolute Gasteiger partial charge is 0.476 e. The van der Waals surface area contributed by atoms with Crippen LogP contribution in [0.1, 0.15) is 27.7 Å². The minimum atomic E-state index is -4.53. The fourth-order valence-corrected chi connectivity index (χ4v) is 1.21. The van der Waals surface area contributed by atoms with Crippen molar-refractivity contribution in [1.29, 1.82) is 0 Å². The van der Waals surface area contributed by atoms with Crippen LogP contribution in [0.3, 0.4) is 0 Å². The van der Waals surface area contributed by atoms with E-state index < -0.39 is 24.8 Å². The van der Waals surface area contributed by atoms with Crippen LogP contribution in [-0.2, 0) is 5.54 Å². The zero-order valence-electron chi connectivity index (χ0n) is 11.5. The third kappa shape index (κ3) is 3.62. The molecule has 19 heavy (non-hydrogen) atoms. The molecule has 0 aliphatic carbocycles. The Morgan fingerprint density at radius 2 is 1.84 bits per heavy atom. The van der Waals surface area contributed by atoms with E-state index in [4.69, 9.17) is 9.84 Å². The fraction of sp³-hybridized carbons (Fsp3) is 0.750. The van der Waals surface area contributed by atoms with Gasteiger partial charge in [0.05, 0.1) is 12.1 Å². The summed E-state index contributed by atoms with van der Waals surface area (Å²) in [5.41, 5.74) is -2.57. The Hall–Kier alpha value is -1.24. The van der Waals surface area contributed by atoms with Crippen LogP contribution in [-0.4, -0.2) is 34.3 Å². The second kappa shape index (κ2) is 5.03. The predicted molar refractivity (Wildman–Crippen MR) is 64.0 cm³/mol. The lowest BCUT2D eigenvalue weighted by Crippen LogP contribution is -2.43. The summed E-state index contributed by atoms with van der Waals surface area (Å²) in [5, 5.41) is 13.0. The number of aliphatic hydroxyl groups is 1. The number of nitrogens with zero attached hydrogens (tertiary/aromatic N) is 2. The highest BCUT2D eigenvalue weighted by molar-refractivity contribution is 5.07. The standard InChI is InChI=1S/C12H19F3N2O2/c1-10(2,3)17-6-5-9(16-17)19-8-11(4,7-18)12(13,14)15/h5-6,18H,7-8H2,1-4H3. The first-order valence-corrected chi connectivity index (χ1v) is 5.86. The van der Waals surface area contributed by atoms with Crippen LogP contribution in [0, 0.1) is 5.41 Å². The fourth-order valence-electron chi connectivity index (χ4n) is 1.21. The van der Waals surface area contributed by atoms with Gasteiger partial charge in [-0.3, -0.25) is 4.68 Å². The molecule has 7 heteroatoms. The molecule has 0 amide bonds.